The largest absolute Gasteiger partial charge is 0.508 e. The molecular formula is C26H37N7O12. The highest BCUT2D eigenvalue weighted by atomic mass is 16.4. The molecular weight excluding hydrogens is 602 g/mol. The van der Waals surface area contributed by atoms with Crippen molar-refractivity contribution in [2.75, 3.05) is 7.05 Å². The highest BCUT2D eigenvalue weighted by Crippen LogP contribution is 2.12. The minimum absolute atomic E-state index is 0.103. The SMILES string of the molecule is CC(=O)N[C@@H](CC(=O)O)C(=O)NN(C)C(=O)N[C@@H](Cc1ccc(O)cc1)C(=O)N[C@@H](CCC(=O)O)C(=O)N[C@H](C(N)=O)[C@@H](C)O. The zero-order chi connectivity index (χ0) is 34.4. The molecule has 19 heteroatoms. The number of benzene rings is 1. The van der Waals surface area contributed by atoms with Crippen LogP contribution in [0.3, 0.4) is 0 Å². The number of phenols is 1. The maximum absolute atomic E-state index is 13.4. The Morgan fingerprint density at radius 3 is 1.89 bits per heavy atom. The van der Waals surface area contributed by atoms with E-state index in [1.165, 1.54) is 31.2 Å². The first-order chi connectivity index (χ1) is 20.9. The minimum Gasteiger partial charge on any atom is -0.508 e. The molecule has 0 saturated heterocycles. The van der Waals surface area contributed by atoms with Crippen LogP contribution in [0.2, 0.25) is 0 Å². The third-order valence-corrected chi connectivity index (χ3v) is 6.01. The van der Waals surface area contributed by atoms with Crippen LogP contribution in [0.25, 0.3) is 0 Å². The number of rotatable bonds is 16. The number of nitrogens with one attached hydrogen (secondary N) is 5. The molecule has 1 rings (SSSR count). The van der Waals surface area contributed by atoms with Gasteiger partial charge < -0.3 is 47.4 Å². The molecule has 0 aliphatic rings. The van der Waals surface area contributed by atoms with Crippen LogP contribution in [0, 0.1) is 0 Å². The van der Waals surface area contributed by atoms with Crippen molar-refractivity contribution < 1.29 is 58.8 Å². The van der Waals surface area contributed by atoms with Gasteiger partial charge >= 0.3 is 18.0 Å². The molecule has 0 aromatic heterocycles. The zero-order valence-electron chi connectivity index (χ0n) is 24.6. The summed E-state index contributed by atoms with van der Waals surface area (Å²) in [6, 6.07) is -1.88. The minimum atomic E-state index is -1.58. The topological polar surface area (TPSA) is 307 Å². The fraction of sp³-hybridized carbons (Fsp3) is 0.462. The number of urea groups is 1. The van der Waals surface area contributed by atoms with Crippen molar-refractivity contribution >= 4 is 47.5 Å². The molecule has 0 saturated carbocycles. The number of hydrogen-bond acceptors (Lipinski definition) is 10. The van der Waals surface area contributed by atoms with Crippen molar-refractivity contribution in [2.24, 2.45) is 5.73 Å². The van der Waals surface area contributed by atoms with Crippen LogP contribution < -0.4 is 32.4 Å². The van der Waals surface area contributed by atoms with Gasteiger partial charge in [-0.2, -0.15) is 0 Å². The van der Waals surface area contributed by atoms with E-state index >= 15 is 0 Å². The Morgan fingerprint density at radius 1 is 0.822 bits per heavy atom. The van der Waals surface area contributed by atoms with Crippen molar-refractivity contribution in [1.82, 2.24) is 31.7 Å². The molecule has 11 N–H and O–H groups in total. The van der Waals surface area contributed by atoms with Gasteiger partial charge in [-0.15, -0.1) is 0 Å². The smallest absolute Gasteiger partial charge is 0.336 e. The maximum Gasteiger partial charge on any atom is 0.336 e. The molecule has 0 heterocycles. The number of carboxylic acids is 2. The number of phenolic OH excluding ortho intramolecular Hbond substituents is 1. The lowest BCUT2D eigenvalue weighted by molar-refractivity contribution is -0.141. The van der Waals surface area contributed by atoms with E-state index in [0.29, 0.717) is 10.6 Å². The number of aromatic hydroxyl groups is 1. The molecule has 7 amide bonds. The van der Waals surface area contributed by atoms with E-state index in [2.05, 4.69) is 26.7 Å². The van der Waals surface area contributed by atoms with E-state index in [9.17, 15) is 48.6 Å². The molecule has 248 valence electrons. The molecule has 1 aromatic rings. The van der Waals surface area contributed by atoms with E-state index in [1.54, 1.807) is 0 Å². The van der Waals surface area contributed by atoms with E-state index in [1.807, 2.05) is 0 Å². The fourth-order valence-electron chi connectivity index (χ4n) is 3.74. The van der Waals surface area contributed by atoms with Crippen LogP contribution in [-0.2, 0) is 40.0 Å². The Morgan fingerprint density at radius 2 is 1.40 bits per heavy atom. The van der Waals surface area contributed by atoms with E-state index in [4.69, 9.17) is 15.9 Å². The van der Waals surface area contributed by atoms with Gasteiger partial charge in [0.05, 0.1) is 12.5 Å². The molecule has 0 spiro atoms. The van der Waals surface area contributed by atoms with Gasteiger partial charge in [0.2, 0.25) is 23.6 Å². The number of hydrogen-bond donors (Lipinski definition) is 10. The number of nitrogens with two attached hydrogens (primary N) is 1. The highest BCUT2D eigenvalue weighted by Gasteiger charge is 2.32. The second-order valence-electron chi connectivity index (χ2n) is 9.88. The summed E-state index contributed by atoms with van der Waals surface area (Å²) in [6.45, 7) is 2.21. The molecule has 19 nitrogen and oxygen atoms in total. The van der Waals surface area contributed by atoms with E-state index < -0.39 is 97.0 Å². The predicted octanol–water partition coefficient (Wildman–Crippen LogP) is -3.34. The van der Waals surface area contributed by atoms with Gasteiger partial charge in [0, 0.05) is 26.8 Å². The number of nitrogens with zero attached hydrogens (tertiary/aromatic N) is 1. The molecule has 0 unspecified atom stereocenters. The van der Waals surface area contributed by atoms with Gasteiger partial charge in [0.1, 0.15) is 29.9 Å². The summed E-state index contributed by atoms with van der Waals surface area (Å²) in [6.07, 6.45) is -3.57. The Hall–Kier alpha value is -5.46. The van der Waals surface area contributed by atoms with Crippen molar-refractivity contribution in [3.63, 3.8) is 0 Å². The summed E-state index contributed by atoms with van der Waals surface area (Å²) < 4.78 is 0. The average Bonchev–Trinajstić information content (AvgIpc) is 2.92. The normalized spacial score (nSPS) is 13.9. The Balaban J connectivity index is 3.24. The summed E-state index contributed by atoms with van der Waals surface area (Å²) >= 11 is 0. The second-order valence-corrected chi connectivity index (χ2v) is 9.88. The molecule has 5 atom stereocenters. The highest BCUT2D eigenvalue weighted by molar-refractivity contribution is 5.95. The van der Waals surface area contributed by atoms with Crippen molar-refractivity contribution in [1.29, 1.82) is 0 Å². The fourth-order valence-corrected chi connectivity index (χ4v) is 3.74. The Bertz CT molecular complexity index is 1260. The quantitative estimate of drug-likeness (QED) is 0.0794. The van der Waals surface area contributed by atoms with Gasteiger partial charge in [0.15, 0.2) is 0 Å². The lowest BCUT2D eigenvalue weighted by Gasteiger charge is -2.27. The van der Waals surface area contributed by atoms with Crippen LogP contribution in [0.4, 0.5) is 4.79 Å². The monoisotopic (exact) mass is 639 g/mol. The average molecular weight is 640 g/mol. The second kappa shape index (κ2) is 17.6. The Kier molecular flexibility index (Phi) is 14.7. The number of carboxylic acid groups (broad SMARTS) is 2. The predicted molar refractivity (Wildman–Crippen MR) is 152 cm³/mol. The standard InChI is InChI=1S/C26H37N7O12/c1-12(34)21(22(27)41)31-23(42)16(8-9-19(37)38)29-24(43)17(10-14-4-6-15(36)7-5-14)30-26(45)33(3)32-25(44)18(11-20(39)40)28-13(2)35/h4-7,12,16-18,21,34,36H,8-11H2,1-3H3,(H2,27,41)(H,28,35)(H,29,43)(H,30,45)(H,31,42)(H,32,44)(H,37,38)(H,39,40)/t12-,16+,17+,18+,21+/m1/s1. The summed E-state index contributed by atoms with van der Waals surface area (Å²) in [5, 5.41) is 47.0. The summed E-state index contributed by atoms with van der Waals surface area (Å²) in [5.74, 6) is -7.81. The van der Waals surface area contributed by atoms with E-state index in [0.717, 1.165) is 14.0 Å². The van der Waals surface area contributed by atoms with Gasteiger partial charge in [-0.1, -0.05) is 12.1 Å². The maximum atomic E-state index is 13.4. The lowest BCUT2D eigenvalue weighted by Crippen LogP contribution is -2.60. The summed E-state index contributed by atoms with van der Waals surface area (Å²) in [7, 11) is 1.05. The van der Waals surface area contributed by atoms with Gasteiger partial charge in [-0.25, -0.2) is 9.80 Å². The van der Waals surface area contributed by atoms with Gasteiger partial charge in [-0.05, 0) is 31.0 Å². The third kappa shape index (κ3) is 13.6. The van der Waals surface area contributed by atoms with Crippen molar-refractivity contribution in [2.45, 2.75) is 69.8 Å². The molecule has 1 aromatic carbocycles. The molecule has 0 aliphatic carbocycles. The summed E-state index contributed by atoms with van der Waals surface area (Å²) in [5.41, 5.74) is 7.68. The number of amides is 7. The van der Waals surface area contributed by atoms with Crippen molar-refractivity contribution in [3.05, 3.63) is 29.8 Å². The molecule has 45 heavy (non-hydrogen) atoms. The first-order valence-electron chi connectivity index (χ1n) is 13.3. The van der Waals surface area contributed by atoms with Crippen LogP contribution in [-0.4, -0.2) is 110 Å². The number of carbonyl (C=O) groups is 8. The van der Waals surface area contributed by atoms with Crippen LogP contribution >= 0.6 is 0 Å². The van der Waals surface area contributed by atoms with Crippen molar-refractivity contribution in [3.8, 4) is 5.75 Å². The Labute approximate surface area is 256 Å². The van der Waals surface area contributed by atoms with Gasteiger partial charge in [0.25, 0.3) is 5.91 Å². The van der Waals surface area contributed by atoms with E-state index in [-0.39, 0.29) is 12.2 Å². The zero-order valence-corrected chi connectivity index (χ0v) is 24.6. The number of aliphatic carboxylic acids is 2. The first-order valence-corrected chi connectivity index (χ1v) is 13.3. The number of hydrazine groups is 1. The number of primary amides is 1. The molecule has 0 radical (unpaired) electrons. The van der Waals surface area contributed by atoms with Crippen LogP contribution in [0.15, 0.2) is 24.3 Å². The third-order valence-electron chi connectivity index (χ3n) is 6.01. The number of aliphatic hydroxyl groups excluding tert-OH is 1. The molecule has 0 bridgehead atoms. The summed E-state index contributed by atoms with van der Waals surface area (Å²) in [4.78, 5) is 97.2. The van der Waals surface area contributed by atoms with Crippen LogP contribution in [0.1, 0.15) is 38.7 Å². The molecule has 0 aliphatic heterocycles. The lowest BCUT2D eigenvalue weighted by atomic mass is 10.0. The first kappa shape index (κ1) is 37.6. The number of carbonyl (C=O) groups excluding carboxylic acids is 6. The van der Waals surface area contributed by atoms with Gasteiger partial charge in [-0.3, -0.25) is 39.0 Å². The number of aliphatic hydroxyl groups is 1. The molecule has 0 fully saturated rings. The van der Waals surface area contributed by atoms with Crippen LogP contribution in [0.5, 0.6) is 5.75 Å².